The Bertz CT molecular complexity index is 809. The molecule has 1 amide bonds. The highest BCUT2D eigenvalue weighted by molar-refractivity contribution is 5.92. The molecule has 7 heteroatoms. The summed E-state index contributed by atoms with van der Waals surface area (Å²) in [5, 5.41) is 2.65. The minimum absolute atomic E-state index is 0.370. The van der Waals surface area contributed by atoms with E-state index in [2.05, 4.69) is 5.32 Å². The van der Waals surface area contributed by atoms with Gasteiger partial charge in [0.05, 0.1) is 25.8 Å². The minimum Gasteiger partial charge on any atom is -0.497 e. The maximum absolute atomic E-state index is 12.8. The van der Waals surface area contributed by atoms with Crippen molar-refractivity contribution in [3.8, 4) is 11.5 Å². The summed E-state index contributed by atoms with van der Waals surface area (Å²) in [6.45, 7) is 1.62. The predicted molar refractivity (Wildman–Crippen MR) is 96.6 cm³/mol. The molecule has 0 fully saturated rings. The average Bonchev–Trinajstić information content (AvgIpc) is 2.65. The molecular weight excluding hydrogens is 359 g/mol. The number of carbonyl (C=O) groups excluding carboxylic acids is 1. The van der Waals surface area contributed by atoms with Gasteiger partial charge in [-0.25, -0.2) is 0 Å². The van der Waals surface area contributed by atoms with Gasteiger partial charge in [0.1, 0.15) is 11.5 Å². The van der Waals surface area contributed by atoms with Crippen LogP contribution in [0.2, 0.25) is 0 Å². The SMILES string of the molecule is COc1cc(/C=C/C(=O)NC(C)c2cccc(C(F)(F)F)c2)cc(OC)c1. The highest BCUT2D eigenvalue weighted by Crippen LogP contribution is 2.30. The summed E-state index contributed by atoms with van der Waals surface area (Å²) in [4.78, 5) is 12.1. The van der Waals surface area contributed by atoms with E-state index in [-0.39, 0.29) is 0 Å². The molecule has 0 aliphatic carbocycles. The minimum atomic E-state index is -4.43. The van der Waals surface area contributed by atoms with E-state index in [1.165, 1.54) is 32.4 Å². The Morgan fingerprint density at radius 1 is 1.07 bits per heavy atom. The van der Waals surface area contributed by atoms with Gasteiger partial charge < -0.3 is 14.8 Å². The summed E-state index contributed by atoms with van der Waals surface area (Å²) in [5.74, 6) is 0.722. The van der Waals surface area contributed by atoms with Gasteiger partial charge in [-0.3, -0.25) is 4.79 Å². The molecule has 0 heterocycles. The average molecular weight is 379 g/mol. The topological polar surface area (TPSA) is 47.6 Å². The van der Waals surface area contributed by atoms with Gasteiger partial charge in [-0.1, -0.05) is 12.1 Å². The number of ether oxygens (including phenoxy) is 2. The molecule has 0 aliphatic rings. The van der Waals surface area contributed by atoms with Crippen LogP contribution in [0.25, 0.3) is 6.08 Å². The van der Waals surface area contributed by atoms with Gasteiger partial charge in [0.15, 0.2) is 0 Å². The molecule has 2 aromatic carbocycles. The van der Waals surface area contributed by atoms with Gasteiger partial charge in [0.2, 0.25) is 5.91 Å². The largest absolute Gasteiger partial charge is 0.497 e. The first-order valence-electron chi connectivity index (χ1n) is 8.11. The van der Waals surface area contributed by atoms with Crippen LogP contribution in [-0.2, 0) is 11.0 Å². The zero-order chi connectivity index (χ0) is 20.0. The second-order valence-corrected chi connectivity index (χ2v) is 5.83. The van der Waals surface area contributed by atoms with E-state index in [0.717, 1.165) is 12.1 Å². The van der Waals surface area contributed by atoms with Crippen molar-refractivity contribution in [3.63, 3.8) is 0 Å². The first-order valence-corrected chi connectivity index (χ1v) is 8.11. The van der Waals surface area contributed by atoms with E-state index in [0.29, 0.717) is 22.6 Å². The van der Waals surface area contributed by atoms with Crippen molar-refractivity contribution >= 4 is 12.0 Å². The molecule has 0 spiro atoms. The Morgan fingerprint density at radius 2 is 1.70 bits per heavy atom. The molecule has 2 rings (SSSR count). The summed E-state index contributed by atoms with van der Waals surface area (Å²) in [7, 11) is 3.04. The van der Waals surface area contributed by atoms with E-state index < -0.39 is 23.7 Å². The maximum Gasteiger partial charge on any atom is 0.416 e. The van der Waals surface area contributed by atoms with Crippen molar-refractivity contribution in [3.05, 3.63) is 65.2 Å². The molecule has 4 nitrogen and oxygen atoms in total. The zero-order valence-corrected chi connectivity index (χ0v) is 15.1. The third kappa shape index (κ3) is 5.77. The number of benzene rings is 2. The third-order valence-corrected chi connectivity index (χ3v) is 3.87. The Hall–Kier alpha value is -2.96. The summed E-state index contributed by atoms with van der Waals surface area (Å²) in [6.07, 6.45) is -1.55. The molecule has 1 N–H and O–H groups in total. The fourth-order valence-electron chi connectivity index (χ4n) is 2.43. The summed E-state index contributed by atoms with van der Waals surface area (Å²) >= 11 is 0. The van der Waals surface area contributed by atoms with Gasteiger partial charge in [-0.2, -0.15) is 13.2 Å². The highest BCUT2D eigenvalue weighted by Gasteiger charge is 2.30. The van der Waals surface area contributed by atoms with Crippen LogP contribution >= 0.6 is 0 Å². The van der Waals surface area contributed by atoms with E-state index >= 15 is 0 Å². The van der Waals surface area contributed by atoms with Gasteiger partial charge in [0.25, 0.3) is 0 Å². The predicted octanol–water partition coefficient (Wildman–Crippen LogP) is 4.61. The number of amides is 1. The van der Waals surface area contributed by atoms with Crippen LogP contribution in [0.5, 0.6) is 11.5 Å². The van der Waals surface area contributed by atoms with Crippen LogP contribution in [0, 0.1) is 0 Å². The molecule has 0 saturated heterocycles. The number of rotatable bonds is 6. The van der Waals surface area contributed by atoms with Crippen LogP contribution in [0.1, 0.15) is 29.7 Å². The number of carbonyl (C=O) groups is 1. The lowest BCUT2D eigenvalue weighted by Gasteiger charge is -2.15. The van der Waals surface area contributed by atoms with Crippen LogP contribution in [0.15, 0.2) is 48.5 Å². The van der Waals surface area contributed by atoms with Crippen LogP contribution in [0.3, 0.4) is 0 Å². The van der Waals surface area contributed by atoms with Gasteiger partial charge in [-0.05, 0) is 48.4 Å². The number of hydrogen-bond donors (Lipinski definition) is 1. The zero-order valence-electron chi connectivity index (χ0n) is 15.1. The summed E-state index contributed by atoms with van der Waals surface area (Å²) in [5.41, 5.74) is 0.308. The van der Waals surface area contributed by atoms with Crippen molar-refractivity contribution < 1.29 is 27.4 Å². The molecule has 0 radical (unpaired) electrons. The number of nitrogens with one attached hydrogen (secondary N) is 1. The first kappa shape index (κ1) is 20.4. The van der Waals surface area contributed by atoms with Crippen molar-refractivity contribution in [2.75, 3.05) is 14.2 Å². The Morgan fingerprint density at radius 3 is 2.26 bits per heavy atom. The molecule has 1 unspecified atom stereocenters. The Labute approximate surface area is 155 Å². The second-order valence-electron chi connectivity index (χ2n) is 5.83. The standard InChI is InChI=1S/C20H20F3NO3/c1-13(15-5-4-6-16(11-15)20(21,22)23)24-19(25)8-7-14-9-17(26-2)12-18(10-14)27-3/h4-13H,1-3H3,(H,24,25)/b8-7+. The molecule has 0 aliphatic heterocycles. The second kappa shape index (κ2) is 8.62. The van der Waals surface area contributed by atoms with Crippen molar-refractivity contribution in [1.29, 1.82) is 0 Å². The quantitative estimate of drug-likeness (QED) is 0.746. The number of hydrogen-bond acceptors (Lipinski definition) is 3. The Balaban J connectivity index is 2.08. The number of halogens is 3. The molecule has 1 atom stereocenters. The lowest BCUT2D eigenvalue weighted by atomic mass is 10.0. The number of alkyl halides is 3. The fraction of sp³-hybridized carbons (Fsp3) is 0.250. The Kier molecular flexibility index (Phi) is 6.50. The lowest BCUT2D eigenvalue weighted by Crippen LogP contribution is -2.24. The monoisotopic (exact) mass is 379 g/mol. The lowest BCUT2D eigenvalue weighted by molar-refractivity contribution is -0.137. The highest BCUT2D eigenvalue weighted by atomic mass is 19.4. The normalized spacial score (nSPS) is 12.7. The molecular formula is C20H20F3NO3. The smallest absolute Gasteiger partial charge is 0.416 e. The van der Waals surface area contributed by atoms with Gasteiger partial charge in [-0.15, -0.1) is 0 Å². The van der Waals surface area contributed by atoms with E-state index in [4.69, 9.17) is 9.47 Å². The molecule has 144 valence electrons. The van der Waals surface area contributed by atoms with Crippen LogP contribution < -0.4 is 14.8 Å². The van der Waals surface area contributed by atoms with E-state index in [1.54, 1.807) is 31.2 Å². The van der Waals surface area contributed by atoms with E-state index in [9.17, 15) is 18.0 Å². The number of methoxy groups -OCH3 is 2. The van der Waals surface area contributed by atoms with Crippen molar-refractivity contribution in [2.24, 2.45) is 0 Å². The maximum atomic E-state index is 12.8. The van der Waals surface area contributed by atoms with Gasteiger partial charge >= 0.3 is 6.18 Å². The molecule has 2 aromatic rings. The summed E-state index contributed by atoms with van der Waals surface area (Å²) in [6, 6.07) is 9.45. The third-order valence-electron chi connectivity index (χ3n) is 3.87. The molecule has 0 bridgehead atoms. The van der Waals surface area contributed by atoms with Crippen molar-refractivity contribution in [2.45, 2.75) is 19.1 Å². The van der Waals surface area contributed by atoms with E-state index in [1.807, 2.05) is 0 Å². The van der Waals surface area contributed by atoms with Crippen molar-refractivity contribution in [1.82, 2.24) is 5.32 Å². The fourth-order valence-corrected chi connectivity index (χ4v) is 2.43. The van der Waals surface area contributed by atoms with Crippen LogP contribution in [-0.4, -0.2) is 20.1 Å². The molecule has 27 heavy (non-hydrogen) atoms. The van der Waals surface area contributed by atoms with Gasteiger partial charge in [0, 0.05) is 12.1 Å². The summed E-state index contributed by atoms with van der Waals surface area (Å²) < 4.78 is 48.7. The van der Waals surface area contributed by atoms with Crippen LogP contribution in [0.4, 0.5) is 13.2 Å². The molecule has 0 aromatic heterocycles. The first-order chi connectivity index (χ1) is 12.7. The molecule has 0 saturated carbocycles.